The highest BCUT2D eigenvalue weighted by Crippen LogP contribution is 2.12. The second-order valence-corrected chi connectivity index (χ2v) is 5.70. The molecule has 0 aliphatic carbocycles. The van der Waals surface area contributed by atoms with Crippen LogP contribution in [0.3, 0.4) is 0 Å². The van der Waals surface area contributed by atoms with Crippen LogP contribution in [0.2, 0.25) is 0 Å². The zero-order valence-corrected chi connectivity index (χ0v) is 13.9. The Kier molecular flexibility index (Phi) is 11.3. The molecule has 0 saturated heterocycles. The van der Waals surface area contributed by atoms with Crippen molar-refractivity contribution in [3.63, 3.8) is 0 Å². The number of aliphatic hydroxyl groups excluding tert-OH is 6. The first-order valence-electron chi connectivity index (χ1n) is 8.11. The maximum atomic E-state index is 12.3. The van der Waals surface area contributed by atoms with Gasteiger partial charge in [-0.2, -0.15) is 0 Å². The van der Waals surface area contributed by atoms with Gasteiger partial charge in [0.25, 0.3) is 5.91 Å². The Morgan fingerprint density at radius 1 is 0.870 bits per heavy atom. The van der Waals surface area contributed by atoms with E-state index in [0.29, 0.717) is 13.1 Å². The first kappa shape index (κ1) is 22.2. The number of rotatable bonds is 12. The van der Waals surface area contributed by atoms with E-state index in [1.807, 2.05) is 13.8 Å². The highest BCUT2D eigenvalue weighted by atomic mass is 16.4. The number of hydrogen-bond acceptors (Lipinski definition) is 7. The molecule has 0 rings (SSSR count). The second-order valence-electron chi connectivity index (χ2n) is 5.70. The summed E-state index contributed by atoms with van der Waals surface area (Å²) >= 11 is 0. The van der Waals surface area contributed by atoms with Gasteiger partial charge in [0.15, 0.2) is 6.10 Å². The van der Waals surface area contributed by atoms with Crippen LogP contribution >= 0.6 is 0 Å². The van der Waals surface area contributed by atoms with Crippen molar-refractivity contribution in [2.45, 2.75) is 70.1 Å². The minimum atomic E-state index is -1.97. The van der Waals surface area contributed by atoms with Gasteiger partial charge in [0, 0.05) is 13.1 Å². The topological polar surface area (TPSA) is 142 Å². The molecule has 6 N–H and O–H groups in total. The number of aliphatic hydroxyl groups is 6. The minimum absolute atomic E-state index is 0.428. The summed E-state index contributed by atoms with van der Waals surface area (Å²) in [5, 5.41) is 57.1. The summed E-state index contributed by atoms with van der Waals surface area (Å²) in [5.41, 5.74) is 0. The predicted octanol–water partition coefficient (Wildman–Crippen LogP) is -1.79. The molecule has 0 aliphatic rings. The lowest BCUT2D eigenvalue weighted by Gasteiger charge is -2.31. The Hall–Kier alpha value is -0.770. The molecule has 0 fully saturated rings. The van der Waals surface area contributed by atoms with Gasteiger partial charge in [-0.3, -0.25) is 4.79 Å². The largest absolute Gasteiger partial charge is 0.394 e. The van der Waals surface area contributed by atoms with Crippen LogP contribution in [0, 0.1) is 0 Å². The molecular weight excluding hydrogens is 306 g/mol. The molecule has 8 heteroatoms. The standard InChI is InChI=1S/C15H31NO7/c1-3-5-7-16(8-6-4-2)15(23)14(22)13(21)12(20)11(19)10(18)9-17/h10-14,17-22H,3-9H2,1-2H3. The van der Waals surface area contributed by atoms with Crippen LogP contribution in [0.4, 0.5) is 0 Å². The van der Waals surface area contributed by atoms with E-state index in [-0.39, 0.29) is 0 Å². The number of carbonyl (C=O) groups excluding carboxylic acids is 1. The van der Waals surface area contributed by atoms with Gasteiger partial charge in [0.05, 0.1) is 6.61 Å². The van der Waals surface area contributed by atoms with Crippen LogP contribution < -0.4 is 0 Å². The van der Waals surface area contributed by atoms with Crippen molar-refractivity contribution in [1.82, 2.24) is 4.90 Å². The molecule has 0 aliphatic heterocycles. The number of unbranched alkanes of at least 4 members (excludes halogenated alkanes) is 2. The molecule has 1 amide bonds. The molecule has 0 aromatic rings. The van der Waals surface area contributed by atoms with Crippen molar-refractivity contribution in [2.24, 2.45) is 0 Å². The normalized spacial score (nSPS) is 18.1. The van der Waals surface area contributed by atoms with Gasteiger partial charge >= 0.3 is 0 Å². The fraction of sp³-hybridized carbons (Fsp3) is 0.933. The highest BCUT2D eigenvalue weighted by Gasteiger charge is 2.38. The molecule has 0 radical (unpaired) electrons. The maximum Gasteiger partial charge on any atom is 0.254 e. The summed E-state index contributed by atoms with van der Waals surface area (Å²) in [7, 11) is 0. The van der Waals surface area contributed by atoms with Gasteiger partial charge in [-0.05, 0) is 12.8 Å². The first-order chi connectivity index (χ1) is 10.8. The number of hydrogen-bond donors (Lipinski definition) is 6. The third kappa shape index (κ3) is 7.11. The van der Waals surface area contributed by atoms with Crippen molar-refractivity contribution in [1.29, 1.82) is 0 Å². The third-order valence-electron chi connectivity index (χ3n) is 3.73. The van der Waals surface area contributed by atoms with E-state index in [9.17, 15) is 30.3 Å². The van der Waals surface area contributed by atoms with E-state index in [1.165, 1.54) is 4.90 Å². The second kappa shape index (κ2) is 11.7. The Bertz CT molecular complexity index is 321. The maximum absolute atomic E-state index is 12.3. The Labute approximate surface area is 137 Å². The summed E-state index contributed by atoms with van der Waals surface area (Å²) < 4.78 is 0. The van der Waals surface area contributed by atoms with E-state index in [2.05, 4.69) is 0 Å². The average molecular weight is 337 g/mol. The summed E-state index contributed by atoms with van der Waals surface area (Å²) in [5.74, 6) is -0.732. The van der Waals surface area contributed by atoms with E-state index in [1.54, 1.807) is 0 Å². The molecule has 0 aromatic carbocycles. The van der Waals surface area contributed by atoms with Gasteiger partial charge in [-0.1, -0.05) is 26.7 Å². The molecule has 138 valence electrons. The zero-order chi connectivity index (χ0) is 18.0. The number of carbonyl (C=O) groups is 1. The fourth-order valence-corrected chi connectivity index (χ4v) is 2.09. The summed E-state index contributed by atoms with van der Waals surface area (Å²) in [6, 6.07) is 0. The van der Waals surface area contributed by atoms with Gasteiger partial charge in [0.2, 0.25) is 0 Å². The van der Waals surface area contributed by atoms with Crippen LogP contribution in [0.25, 0.3) is 0 Å². The summed E-state index contributed by atoms with van der Waals surface area (Å²) in [4.78, 5) is 13.7. The molecule has 5 atom stereocenters. The summed E-state index contributed by atoms with van der Waals surface area (Å²) in [6.45, 7) is 3.95. The molecule has 0 bridgehead atoms. The highest BCUT2D eigenvalue weighted by molar-refractivity contribution is 5.81. The van der Waals surface area contributed by atoms with Gasteiger partial charge in [0.1, 0.15) is 24.4 Å². The van der Waals surface area contributed by atoms with Crippen LogP contribution in [0.5, 0.6) is 0 Å². The molecule has 0 spiro atoms. The quantitative estimate of drug-likeness (QED) is 0.247. The molecule has 0 heterocycles. The van der Waals surface area contributed by atoms with E-state index < -0.39 is 43.0 Å². The number of nitrogens with zero attached hydrogens (tertiary/aromatic N) is 1. The van der Waals surface area contributed by atoms with Gasteiger partial charge in [-0.25, -0.2) is 0 Å². The van der Waals surface area contributed by atoms with Crippen LogP contribution in [-0.4, -0.2) is 91.7 Å². The lowest BCUT2D eigenvalue weighted by atomic mass is 9.98. The van der Waals surface area contributed by atoms with E-state index >= 15 is 0 Å². The molecular formula is C15H31NO7. The predicted molar refractivity (Wildman–Crippen MR) is 83.5 cm³/mol. The Morgan fingerprint density at radius 3 is 1.74 bits per heavy atom. The Morgan fingerprint density at radius 2 is 1.35 bits per heavy atom. The lowest BCUT2D eigenvalue weighted by molar-refractivity contribution is -0.164. The van der Waals surface area contributed by atoms with Crippen molar-refractivity contribution < 1.29 is 35.4 Å². The lowest BCUT2D eigenvalue weighted by Crippen LogP contribution is -2.54. The Balaban J connectivity index is 4.84. The fourth-order valence-electron chi connectivity index (χ4n) is 2.09. The molecule has 23 heavy (non-hydrogen) atoms. The molecule has 8 nitrogen and oxygen atoms in total. The minimum Gasteiger partial charge on any atom is -0.394 e. The molecule has 0 aromatic heterocycles. The zero-order valence-electron chi connectivity index (χ0n) is 13.9. The monoisotopic (exact) mass is 337 g/mol. The van der Waals surface area contributed by atoms with Crippen LogP contribution in [0.15, 0.2) is 0 Å². The van der Waals surface area contributed by atoms with Crippen LogP contribution in [-0.2, 0) is 4.79 Å². The number of amides is 1. The smallest absolute Gasteiger partial charge is 0.254 e. The van der Waals surface area contributed by atoms with Crippen molar-refractivity contribution in [3.05, 3.63) is 0 Å². The SMILES string of the molecule is CCCCN(CCCC)C(=O)C(O)C(O)C(O)C(O)C(O)CO. The van der Waals surface area contributed by atoms with Crippen molar-refractivity contribution in [3.8, 4) is 0 Å². The van der Waals surface area contributed by atoms with Crippen molar-refractivity contribution in [2.75, 3.05) is 19.7 Å². The van der Waals surface area contributed by atoms with E-state index in [4.69, 9.17) is 5.11 Å². The first-order valence-corrected chi connectivity index (χ1v) is 8.11. The summed E-state index contributed by atoms with van der Waals surface area (Å²) in [6.07, 6.45) is -6.20. The van der Waals surface area contributed by atoms with Crippen molar-refractivity contribution >= 4 is 5.91 Å². The molecule has 5 unspecified atom stereocenters. The molecule has 0 saturated carbocycles. The van der Waals surface area contributed by atoms with Gasteiger partial charge in [-0.15, -0.1) is 0 Å². The van der Waals surface area contributed by atoms with Gasteiger partial charge < -0.3 is 35.5 Å². The third-order valence-corrected chi connectivity index (χ3v) is 3.73. The van der Waals surface area contributed by atoms with E-state index in [0.717, 1.165) is 25.7 Å². The average Bonchev–Trinajstić information content (AvgIpc) is 2.57. The van der Waals surface area contributed by atoms with Crippen LogP contribution in [0.1, 0.15) is 39.5 Å².